The van der Waals surface area contributed by atoms with Crippen LogP contribution in [0.2, 0.25) is 5.04 Å². The van der Waals surface area contributed by atoms with Crippen LogP contribution in [0.5, 0.6) is 0 Å². The molecule has 0 heterocycles. The first-order valence-corrected chi connectivity index (χ1v) is 12.8. The molecule has 1 atom stereocenters. The maximum atomic E-state index is 7.28. The molecule has 0 aromatic heterocycles. The minimum absolute atomic E-state index is 0.0274. The standard InChI is InChI=1S/C24H31IOSi/c1-23(2,3)27(19-12-8-6-9-13-19,20-14-10-7-11-15-20)26-22-16-17-24(4,5)18-21(22)25/h6-15,18,22H,16-17H2,1-5H3/t22-/m1/s1. The van der Waals surface area contributed by atoms with E-state index in [-0.39, 0.29) is 16.6 Å². The molecule has 3 heteroatoms. The van der Waals surface area contributed by atoms with Crippen LogP contribution < -0.4 is 10.4 Å². The summed E-state index contributed by atoms with van der Waals surface area (Å²) in [5, 5.41) is 2.75. The molecule has 1 aliphatic rings. The van der Waals surface area contributed by atoms with Gasteiger partial charge in [-0.2, -0.15) is 0 Å². The number of hydrogen-bond acceptors (Lipinski definition) is 1. The number of rotatable bonds is 4. The number of halogens is 1. The van der Waals surface area contributed by atoms with Crippen LogP contribution in [0.3, 0.4) is 0 Å². The van der Waals surface area contributed by atoms with Gasteiger partial charge in [-0.15, -0.1) is 0 Å². The molecule has 144 valence electrons. The summed E-state index contributed by atoms with van der Waals surface area (Å²) in [5.41, 5.74) is 0.266. The maximum absolute atomic E-state index is 7.28. The van der Waals surface area contributed by atoms with Gasteiger partial charge in [-0.05, 0) is 56.3 Å². The fourth-order valence-corrected chi connectivity index (χ4v) is 10.4. The topological polar surface area (TPSA) is 9.23 Å². The Balaban J connectivity index is 2.16. The highest BCUT2D eigenvalue weighted by molar-refractivity contribution is 14.1. The fraction of sp³-hybridized carbons (Fsp3) is 0.417. The van der Waals surface area contributed by atoms with Gasteiger partial charge in [-0.1, -0.05) is 101 Å². The van der Waals surface area contributed by atoms with E-state index in [1.807, 2.05) is 0 Å². The van der Waals surface area contributed by atoms with E-state index in [1.165, 1.54) is 20.4 Å². The average molecular weight is 491 g/mol. The highest BCUT2D eigenvalue weighted by Crippen LogP contribution is 2.43. The Morgan fingerprint density at radius 2 is 1.41 bits per heavy atom. The van der Waals surface area contributed by atoms with Crippen LogP contribution in [-0.4, -0.2) is 14.4 Å². The maximum Gasteiger partial charge on any atom is 0.261 e. The number of benzene rings is 2. The van der Waals surface area contributed by atoms with Crippen LogP contribution >= 0.6 is 22.6 Å². The first kappa shape index (κ1) is 20.8. The zero-order valence-corrected chi connectivity index (χ0v) is 20.3. The smallest absolute Gasteiger partial charge is 0.261 e. The molecule has 27 heavy (non-hydrogen) atoms. The van der Waals surface area contributed by atoms with E-state index >= 15 is 0 Å². The van der Waals surface area contributed by atoms with Crippen molar-refractivity contribution in [3.05, 3.63) is 70.3 Å². The normalized spacial score (nSPS) is 20.2. The highest BCUT2D eigenvalue weighted by Gasteiger charge is 2.52. The zero-order chi connectivity index (χ0) is 19.7. The predicted octanol–water partition coefficient (Wildman–Crippen LogP) is 6.07. The third-order valence-corrected chi connectivity index (χ3v) is 11.7. The largest absolute Gasteiger partial charge is 0.400 e. The van der Waals surface area contributed by atoms with Crippen molar-refractivity contribution >= 4 is 41.3 Å². The average Bonchev–Trinajstić information content (AvgIpc) is 2.61. The van der Waals surface area contributed by atoms with Gasteiger partial charge < -0.3 is 4.43 Å². The molecule has 0 bridgehead atoms. The first-order chi connectivity index (χ1) is 12.7. The van der Waals surface area contributed by atoms with Crippen molar-refractivity contribution in [1.82, 2.24) is 0 Å². The lowest BCUT2D eigenvalue weighted by atomic mass is 9.82. The van der Waals surface area contributed by atoms with Crippen molar-refractivity contribution in [2.45, 2.75) is 58.6 Å². The third kappa shape index (κ3) is 4.25. The summed E-state index contributed by atoms with van der Waals surface area (Å²) in [6.45, 7) is 11.7. The summed E-state index contributed by atoms with van der Waals surface area (Å²) in [4.78, 5) is 0. The van der Waals surface area contributed by atoms with Gasteiger partial charge in [0.05, 0.1) is 6.10 Å². The summed E-state index contributed by atoms with van der Waals surface area (Å²) in [6.07, 6.45) is 4.86. The minimum atomic E-state index is -2.47. The molecule has 0 radical (unpaired) electrons. The molecule has 0 spiro atoms. The molecule has 0 aliphatic heterocycles. The minimum Gasteiger partial charge on any atom is -0.400 e. The van der Waals surface area contributed by atoms with Crippen LogP contribution in [-0.2, 0) is 4.43 Å². The molecule has 1 nitrogen and oxygen atoms in total. The lowest BCUT2D eigenvalue weighted by molar-refractivity contribution is 0.189. The molecule has 0 fully saturated rings. The second-order valence-electron chi connectivity index (χ2n) is 9.33. The molecular formula is C24H31IOSi. The molecule has 0 saturated heterocycles. The summed E-state index contributed by atoms with van der Waals surface area (Å²) in [6, 6.07) is 21.9. The van der Waals surface area contributed by atoms with Crippen LogP contribution in [0.25, 0.3) is 0 Å². The highest BCUT2D eigenvalue weighted by atomic mass is 127. The van der Waals surface area contributed by atoms with E-state index in [9.17, 15) is 0 Å². The Kier molecular flexibility index (Phi) is 6.04. The van der Waals surface area contributed by atoms with Gasteiger partial charge in [0.15, 0.2) is 0 Å². The fourth-order valence-electron chi connectivity index (χ4n) is 4.20. The molecule has 0 saturated carbocycles. The van der Waals surface area contributed by atoms with E-state index in [0.717, 1.165) is 6.42 Å². The second-order valence-corrected chi connectivity index (χ2v) is 14.8. The summed E-state index contributed by atoms with van der Waals surface area (Å²) >= 11 is 2.51. The van der Waals surface area contributed by atoms with Gasteiger partial charge in [0.2, 0.25) is 0 Å². The van der Waals surface area contributed by atoms with Crippen molar-refractivity contribution in [3.8, 4) is 0 Å². The Hall–Kier alpha value is -0.913. The quantitative estimate of drug-likeness (QED) is 0.374. The summed E-state index contributed by atoms with van der Waals surface area (Å²) in [7, 11) is -2.47. The van der Waals surface area contributed by atoms with E-state index in [2.05, 4.69) is 124 Å². The Morgan fingerprint density at radius 3 is 1.81 bits per heavy atom. The summed E-state index contributed by atoms with van der Waals surface area (Å²) < 4.78 is 8.64. The lowest BCUT2D eigenvalue weighted by Crippen LogP contribution is -2.67. The zero-order valence-electron chi connectivity index (χ0n) is 17.1. The van der Waals surface area contributed by atoms with Crippen LogP contribution in [0.15, 0.2) is 70.3 Å². The van der Waals surface area contributed by atoms with Gasteiger partial charge >= 0.3 is 0 Å². The SMILES string of the molecule is CC1(C)C=C(I)[C@H](O[Si](c2ccccc2)(c2ccccc2)C(C)(C)C)CC1. The van der Waals surface area contributed by atoms with Gasteiger partial charge in [0.25, 0.3) is 8.32 Å². The number of hydrogen-bond donors (Lipinski definition) is 0. The van der Waals surface area contributed by atoms with E-state index < -0.39 is 8.32 Å². The van der Waals surface area contributed by atoms with Gasteiger partial charge in [-0.3, -0.25) is 0 Å². The summed E-state index contributed by atoms with van der Waals surface area (Å²) in [5.74, 6) is 0. The van der Waals surface area contributed by atoms with E-state index in [0.29, 0.717) is 0 Å². The number of allylic oxidation sites excluding steroid dienone is 1. The molecule has 3 rings (SSSR count). The second kappa shape index (κ2) is 7.84. The monoisotopic (exact) mass is 490 g/mol. The van der Waals surface area contributed by atoms with E-state index in [4.69, 9.17) is 4.43 Å². The molecule has 1 aliphatic carbocycles. The predicted molar refractivity (Wildman–Crippen MR) is 128 cm³/mol. The first-order valence-electron chi connectivity index (χ1n) is 9.83. The van der Waals surface area contributed by atoms with Crippen LogP contribution in [0.4, 0.5) is 0 Å². The van der Waals surface area contributed by atoms with Gasteiger partial charge in [0, 0.05) is 3.58 Å². The van der Waals surface area contributed by atoms with Crippen LogP contribution in [0.1, 0.15) is 47.5 Å². The molecular weight excluding hydrogens is 459 g/mol. The van der Waals surface area contributed by atoms with Crippen molar-refractivity contribution in [3.63, 3.8) is 0 Å². The molecule has 0 amide bonds. The molecule has 0 unspecified atom stereocenters. The Morgan fingerprint density at radius 1 is 0.926 bits per heavy atom. The van der Waals surface area contributed by atoms with E-state index in [1.54, 1.807) is 0 Å². The van der Waals surface area contributed by atoms with Crippen molar-refractivity contribution in [2.75, 3.05) is 0 Å². The molecule has 0 N–H and O–H groups in total. The Bertz CT molecular complexity index is 751. The van der Waals surface area contributed by atoms with Gasteiger partial charge in [-0.25, -0.2) is 0 Å². The molecule has 2 aromatic rings. The molecule has 2 aromatic carbocycles. The van der Waals surface area contributed by atoms with Gasteiger partial charge in [0.1, 0.15) is 0 Å². The Labute approximate surface area is 179 Å². The van der Waals surface area contributed by atoms with Crippen LogP contribution in [0, 0.1) is 5.41 Å². The van der Waals surface area contributed by atoms with Crippen molar-refractivity contribution in [1.29, 1.82) is 0 Å². The van der Waals surface area contributed by atoms with Crippen molar-refractivity contribution < 1.29 is 4.43 Å². The van der Waals surface area contributed by atoms with Crippen molar-refractivity contribution in [2.24, 2.45) is 5.41 Å². The third-order valence-electron chi connectivity index (χ3n) is 5.62. The lowest BCUT2D eigenvalue weighted by Gasteiger charge is -2.46.